The molecule has 0 fully saturated rings. The molecule has 0 bridgehead atoms. The Bertz CT molecular complexity index is 628. The van der Waals surface area contributed by atoms with Crippen molar-refractivity contribution in [3.8, 4) is 0 Å². The van der Waals surface area contributed by atoms with E-state index in [0.717, 1.165) is 11.3 Å². The summed E-state index contributed by atoms with van der Waals surface area (Å²) in [5, 5.41) is 0. The largest absolute Gasteiger partial charge is 0.344 e. The molecule has 0 aromatic heterocycles. The molecule has 0 heterocycles. The summed E-state index contributed by atoms with van der Waals surface area (Å²) in [5.41, 5.74) is 0.987. The van der Waals surface area contributed by atoms with E-state index in [0.29, 0.717) is 13.0 Å². The first-order valence-corrected chi connectivity index (χ1v) is 10.9. The molecule has 1 N–H and O–H groups in total. The van der Waals surface area contributed by atoms with Crippen molar-refractivity contribution in [3.63, 3.8) is 0 Å². The van der Waals surface area contributed by atoms with Crippen molar-refractivity contribution in [1.29, 1.82) is 0 Å². The first-order valence-electron chi connectivity index (χ1n) is 8.00. The van der Waals surface area contributed by atoms with Gasteiger partial charge in [0.1, 0.15) is 6.04 Å². The highest BCUT2D eigenvalue weighted by atomic mass is 32.2. The molecule has 1 rings (SSSR count). The Morgan fingerprint density at radius 2 is 1.83 bits per heavy atom. The van der Waals surface area contributed by atoms with Crippen LogP contribution in [-0.2, 0) is 14.8 Å². The molecule has 136 valence electrons. The van der Waals surface area contributed by atoms with Gasteiger partial charge in [-0.15, -0.1) is 0 Å². The molecule has 1 amide bonds. The first kappa shape index (κ1) is 21.0. The molecule has 0 saturated heterocycles. The van der Waals surface area contributed by atoms with Crippen LogP contribution in [0.15, 0.2) is 29.2 Å². The monoisotopic (exact) mass is 372 g/mol. The molecule has 7 heteroatoms. The van der Waals surface area contributed by atoms with E-state index >= 15 is 0 Å². The highest BCUT2D eigenvalue weighted by molar-refractivity contribution is 7.98. The van der Waals surface area contributed by atoms with Crippen LogP contribution < -0.4 is 4.72 Å². The van der Waals surface area contributed by atoms with Gasteiger partial charge < -0.3 is 4.90 Å². The molecule has 0 radical (unpaired) electrons. The Morgan fingerprint density at radius 1 is 1.25 bits per heavy atom. The predicted octanol–water partition coefficient (Wildman–Crippen LogP) is 2.51. The number of hydrogen-bond donors (Lipinski definition) is 1. The molecular weight excluding hydrogens is 344 g/mol. The zero-order valence-electron chi connectivity index (χ0n) is 15.1. The van der Waals surface area contributed by atoms with Gasteiger partial charge in [-0.2, -0.15) is 16.5 Å². The lowest BCUT2D eigenvalue weighted by Gasteiger charge is -2.25. The molecule has 1 aromatic rings. The minimum Gasteiger partial charge on any atom is -0.344 e. The molecule has 5 nitrogen and oxygen atoms in total. The van der Waals surface area contributed by atoms with E-state index in [-0.39, 0.29) is 16.7 Å². The smallest absolute Gasteiger partial charge is 0.241 e. The van der Waals surface area contributed by atoms with Crippen molar-refractivity contribution in [2.24, 2.45) is 5.92 Å². The van der Waals surface area contributed by atoms with Crippen molar-refractivity contribution in [2.75, 3.05) is 25.6 Å². The van der Waals surface area contributed by atoms with E-state index in [9.17, 15) is 13.2 Å². The maximum Gasteiger partial charge on any atom is 0.241 e. The summed E-state index contributed by atoms with van der Waals surface area (Å²) in [6, 6.07) is 5.87. The zero-order chi connectivity index (χ0) is 18.3. The van der Waals surface area contributed by atoms with Crippen LogP contribution in [-0.4, -0.2) is 50.9 Å². The van der Waals surface area contributed by atoms with Crippen LogP contribution in [0.2, 0.25) is 0 Å². The van der Waals surface area contributed by atoms with Crippen LogP contribution in [0.4, 0.5) is 0 Å². The number of carbonyl (C=O) groups is 1. The van der Waals surface area contributed by atoms with E-state index in [2.05, 4.69) is 4.72 Å². The first-order chi connectivity index (χ1) is 11.2. The molecule has 1 atom stereocenters. The zero-order valence-corrected chi connectivity index (χ0v) is 16.7. The van der Waals surface area contributed by atoms with E-state index in [1.165, 1.54) is 0 Å². The third-order valence-corrected chi connectivity index (χ3v) is 5.72. The summed E-state index contributed by atoms with van der Waals surface area (Å²) in [6.45, 7) is 6.45. The van der Waals surface area contributed by atoms with Crippen molar-refractivity contribution >= 4 is 27.7 Å². The maximum absolute atomic E-state index is 12.6. The number of sulfonamides is 1. The quantitative estimate of drug-likeness (QED) is 0.723. The van der Waals surface area contributed by atoms with E-state index in [1.54, 1.807) is 48.0 Å². The van der Waals surface area contributed by atoms with Crippen molar-refractivity contribution in [2.45, 2.75) is 38.1 Å². The third kappa shape index (κ3) is 6.45. The summed E-state index contributed by atoms with van der Waals surface area (Å²) < 4.78 is 27.8. The SMILES string of the molecule is CSCCN(C)C(=O)C(CC(C)C)NS(=O)(=O)c1ccc(C)cc1. The van der Waals surface area contributed by atoms with Crippen LogP contribution in [0.5, 0.6) is 0 Å². The van der Waals surface area contributed by atoms with E-state index in [1.807, 2.05) is 27.0 Å². The highest BCUT2D eigenvalue weighted by Crippen LogP contribution is 2.14. The fourth-order valence-corrected chi connectivity index (χ4v) is 3.91. The molecule has 0 spiro atoms. The Balaban J connectivity index is 2.95. The number of aryl methyl sites for hydroxylation is 1. The number of nitrogens with one attached hydrogen (secondary N) is 1. The van der Waals surface area contributed by atoms with Gasteiger partial charge in [-0.25, -0.2) is 8.42 Å². The minimum atomic E-state index is -3.72. The second kappa shape index (κ2) is 9.44. The van der Waals surface area contributed by atoms with Gasteiger partial charge in [0, 0.05) is 19.3 Å². The molecule has 1 unspecified atom stereocenters. The van der Waals surface area contributed by atoms with Crippen LogP contribution in [0, 0.1) is 12.8 Å². The number of hydrogen-bond acceptors (Lipinski definition) is 4. The fourth-order valence-electron chi connectivity index (χ4n) is 2.25. The van der Waals surface area contributed by atoms with E-state index in [4.69, 9.17) is 0 Å². The lowest BCUT2D eigenvalue weighted by atomic mass is 10.0. The fraction of sp³-hybridized carbons (Fsp3) is 0.588. The summed E-state index contributed by atoms with van der Waals surface area (Å²) in [5.74, 6) is 0.837. The lowest BCUT2D eigenvalue weighted by molar-refractivity contribution is -0.131. The summed E-state index contributed by atoms with van der Waals surface area (Å²) in [6.07, 6.45) is 2.44. The van der Waals surface area contributed by atoms with Gasteiger partial charge in [0.15, 0.2) is 0 Å². The van der Waals surface area contributed by atoms with Gasteiger partial charge >= 0.3 is 0 Å². The summed E-state index contributed by atoms with van der Waals surface area (Å²) in [4.78, 5) is 14.4. The third-order valence-electron chi connectivity index (χ3n) is 3.64. The number of likely N-dealkylation sites (N-methyl/N-ethyl adjacent to an activating group) is 1. The lowest BCUT2D eigenvalue weighted by Crippen LogP contribution is -2.48. The van der Waals surface area contributed by atoms with Gasteiger partial charge in [0.05, 0.1) is 4.90 Å². The van der Waals surface area contributed by atoms with Crippen molar-refractivity contribution in [1.82, 2.24) is 9.62 Å². The maximum atomic E-state index is 12.6. The standard InChI is InChI=1S/C17H28N2O3S2/c1-13(2)12-16(17(20)19(4)10-11-23-5)18-24(21,22)15-8-6-14(3)7-9-15/h6-9,13,16,18H,10-12H2,1-5H3. The minimum absolute atomic E-state index is 0.182. The van der Waals surface area contributed by atoms with Crippen LogP contribution >= 0.6 is 11.8 Å². The van der Waals surface area contributed by atoms with Crippen molar-refractivity contribution in [3.05, 3.63) is 29.8 Å². The number of nitrogens with zero attached hydrogens (tertiary/aromatic N) is 1. The van der Waals surface area contributed by atoms with Crippen LogP contribution in [0.3, 0.4) is 0 Å². The molecule has 0 saturated carbocycles. The Kier molecular flexibility index (Phi) is 8.26. The summed E-state index contributed by atoms with van der Waals surface area (Å²) in [7, 11) is -2.01. The van der Waals surface area contributed by atoms with Crippen molar-refractivity contribution < 1.29 is 13.2 Å². The van der Waals surface area contributed by atoms with Gasteiger partial charge in [-0.05, 0) is 37.7 Å². The van der Waals surface area contributed by atoms with Gasteiger partial charge in [-0.1, -0.05) is 31.5 Å². The molecule has 0 aliphatic heterocycles. The average molecular weight is 373 g/mol. The van der Waals surface area contributed by atoms with Gasteiger partial charge in [-0.3, -0.25) is 4.79 Å². The number of amides is 1. The topological polar surface area (TPSA) is 66.5 Å². The second-order valence-corrected chi connectivity index (χ2v) is 9.07. The predicted molar refractivity (Wildman–Crippen MR) is 101 cm³/mol. The Hall–Kier alpha value is -1.05. The Morgan fingerprint density at radius 3 is 2.33 bits per heavy atom. The van der Waals surface area contributed by atoms with Crippen LogP contribution in [0.1, 0.15) is 25.8 Å². The average Bonchev–Trinajstić information content (AvgIpc) is 2.51. The van der Waals surface area contributed by atoms with Gasteiger partial charge in [0.25, 0.3) is 0 Å². The number of rotatable bonds is 9. The summed E-state index contributed by atoms with van der Waals surface area (Å²) >= 11 is 1.65. The number of carbonyl (C=O) groups excluding carboxylic acids is 1. The second-order valence-electron chi connectivity index (χ2n) is 6.37. The Labute approximate surface area is 150 Å². The van der Waals surface area contributed by atoms with Crippen LogP contribution in [0.25, 0.3) is 0 Å². The number of thioether (sulfide) groups is 1. The number of benzene rings is 1. The van der Waals surface area contributed by atoms with E-state index < -0.39 is 16.1 Å². The molecular formula is C17H28N2O3S2. The molecule has 0 aliphatic carbocycles. The molecule has 0 aliphatic rings. The molecule has 24 heavy (non-hydrogen) atoms. The van der Waals surface area contributed by atoms with Gasteiger partial charge in [0.2, 0.25) is 15.9 Å². The highest BCUT2D eigenvalue weighted by Gasteiger charge is 2.28. The molecule has 1 aromatic carbocycles. The normalized spacial score (nSPS) is 13.1.